The smallest absolute Gasteiger partial charge is 0.481 e. The SMILES string of the molecule is O=C(O)C(F)(F)F.O=C(O)C1CNC1. The van der Waals surface area contributed by atoms with Crippen molar-refractivity contribution in [2.75, 3.05) is 13.1 Å². The first-order valence-corrected chi connectivity index (χ1v) is 3.48. The highest BCUT2D eigenvalue weighted by molar-refractivity contribution is 5.73. The molecule has 0 spiro atoms. The fourth-order valence-corrected chi connectivity index (χ4v) is 0.463. The topological polar surface area (TPSA) is 86.6 Å². The molecule has 0 bridgehead atoms. The molecule has 1 fully saturated rings. The third-order valence-electron chi connectivity index (χ3n) is 1.37. The number of aliphatic carboxylic acids is 2. The number of alkyl halides is 3. The predicted octanol–water partition coefficient (Wildman–Crippen LogP) is -0.0763. The van der Waals surface area contributed by atoms with Crippen LogP contribution in [0.4, 0.5) is 13.2 Å². The highest BCUT2D eigenvalue weighted by atomic mass is 19.4. The highest BCUT2D eigenvalue weighted by Gasteiger charge is 2.38. The van der Waals surface area contributed by atoms with E-state index in [9.17, 15) is 18.0 Å². The Morgan fingerprint density at radius 1 is 1.21 bits per heavy atom. The van der Waals surface area contributed by atoms with Gasteiger partial charge in [-0.2, -0.15) is 13.2 Å². The maximum atomic E-state index is 10.6. The number of carbonyl (C=O) groups is 2. The zero-order valence-electron chi connectivity index (χ0n) is 6.84. The van der Waals surface area contributed by atoms with E-state index in [1.165, 1.54) is 0 Å². The fraction of sp³-hybridized carbons (Fsp3) is 0.667. The van der Waals surface area contributed by atoms with Gasteiger partial charge in [0.25, 0.3) is 0 Å². The number of halogens is 3. The molecule has 0 amide bonds. The number of hydrogen-bond acceptors (Lipinski definition) is 3. The average Bonchev–Trinajstić information content (AvgIpc) is 1.79. The summed E-state index contributed by atoms with van der Waals surface area (Å²) >= 11 is 0. The van der Waals surface area contributed by atoms with Crippen LogP contribution in [0.15, 0.2) is 0 Å². The van der Waals surface area contributed by atoms with Crippen molar-refractivity contribution in [3.63, 3.8) is 0 Å². The molecule has 0 radical (unpaired) electrons. The minimum absolute atomic E-state index is 0.111. The Morgan fingerprint density at radius 3 is 1.57 bits per heavy atom. The van der Waals surface area contributed by atoms with Gasteiger partial charge in [0, 0.05) is 13.1 Å². The van der Waals surface area contributed by atoms with E-state index in [1.807, 2.05) is 0 Å². The largest absolute Gasteiger partial charge is 0.490 e. The summed E-state index contributed by atoms with van der Waals surface area (Å²) in [6.45, 7) is 1.30. The summed E-state index contributed by atoms with van der Waals surface area (Å²) in [6.07, 6.45) is -5.08. The summed E-state index contributed by atoms with van der Waals surface area (Å²) < 4.78 is 31.7. The Kier molecular flexibility index (Phi) is 4.35. The van der Waals surface area contributed by atoms with Crippen molar-refractivity contribution in [2.45, 2.75) is 6.18 Å². The van der Waals surface area contributed by atoms with Crippen LogP contribution >= 0.6 is 0 Å². The van der Waals surface area contributed by atoms with Crippen LogP contribution in [0.25, 0.3) is 0 Å². The maximum Gasteiger partial charge on any atom is 0.490 e. The molecular formula is C6H8F3NO4. The van der Waals surface area contributed by atoms with E-state index in [0.29, 0.717) is 13.1 Å². The first-order chi connectivity index (χ1) is 6.25. The van der Waals surface area contributed by atoms with Crippen molar-refractivity contribution < 1.29 is 33.0 Å². The quantitative estimate of drug-likeness (QED) is 0.569. The van der Waals surface area contributed by atoms with Crippen LogP contribution < -0.4 is 5.32 Å². The fourth-order valence-electron chi connectivity index (χ4n) is 0.463. The highest BCUT2D eigenvalue weighted by Crippen LogP contribution is 2.13. The van der Waals surface area contributed by atoms with Gasteiger partial charge < -0.3 is 15.5 Å². The lowest BCUT2D eigenvalue weighted by Crippen LogP contribution is -2.46. The summed E-state index contributed by atoms with van der Waals surface area (Å²) in [5.74, 6) is -3.55. The van der Waals surface area contributed by atoms with Gasteiger partial charge in [0.1, 0.15) is 0 Å². The summed E-state index contributed by atoms with van der Waals surface area (Å²) in [6, 6.07) is 0. The minimum Gasteiger partial charge on any atom is -0.481 e. The summed E-state index contributed by atoms with van der Waals surface area (Å²) in [4.78, 5) is 18.8. The van der Waals surface area contributed by atoms with Crippen molar-refractivity contribution in [1.29, 1.82) is 0 Å². The van der Waals surface area contributed by atoms with E-state index >= 15 is 0 Å². The molecule has 0 atom stereocenters. The normalized spacial score (nSPS) is 16.2. The molecule has 0 aromatic heterocycles. The van der Waals surface area contributed by atoms with Crippen molar-refractivity contribution in [3.8, 4) is 0 Å². The van der Waals surface area contributed by atoms with Gasteiger partial charge in [-0.15, -0.1) is 0 Å². The Bertz CT molecular complexity index is 224. The zero-order chi connectivity index (χ0) is 11.4. The number of carboxylic acid groups (broad SMARTS) is 2. The zero-order valence-corrected chi connectivity index (χ0v) is 6.84. The summed E-state index contributed by atoms with van der Waals surface area (Å²) in [7, 11) is 0. The predicted molar refractivity (Wildman–Crippen MR) is 37.7 cm³/mol. The van der Waals surface area contributed by atoms with Gasteiger partial charge in [-0.25, -0.2) is 4.79 Å². The van der Waals surface area contributed by atoms with Crippen LogP contribution in [0.5, 0.6) is 0 Å². The Morgan fingerprint density at radius 2 is 1.57 bits per heavy atom. The Hall–Kier alpha value is -1.31. The lowest BCUT2D eigenvalue weighted by atomic mass is 10.1. The molecule has 0 saturated carbocycles. The molecule has 0 aromatic rings. The Labute approximate surface area is 76.5 Å². The number of carboxylic acids is 2. The Balaban J connectivity index is 0.000000241. The second-order valence-electron chi connectivity index (χ2n) is 2.50. The number of hydrogen-bond donors (Lipinski definition) is 3. The van der Waals surface area contributed by atoms with E-state index in [4.69, 9.17) is 15.0 Å². The minimum atomic E-state index is -5.08. The van der Waals surface area contributed by atoms with E-state index in [2.05, 4.69) is 5.32 Å². The lowest BCUT2D eigenvalue weighted by molar-refractivity contribution is -0.192. The number of rotatable bonds is 1. The van der Waals surface area contributed by atoms with Crippen LogP contribution in [-0.4, -0.2) is 41.4 Å². The van der Waals surface area contributed by atoms with Gasteiger partial charge >= 0.3 is 18.1 Å². The van der Waals surface area contributed by atoms with Crippen molar-refractivity contribution in [1.82, 2.24) is 5.32 Å². The van der Waals surface area contributed by atoms with E-state index < -0.39 is 18.1 Å². The van der Waals surface area contributed by atoms with Gasteiger partial charge in [0.15, 0.2) is 0 Å². The molecule has 0 unspecified atom stereocenters. The molecule has 1 aliphatic rings. The molecule has 1 heterocycles. The van der Waals surface area contributed by atoms with Crippen LogP contribution in [0.2, 0.25) is 0 Å². The first-order valence-electron chi connectivity index (χ1n) is 3.48. The second-order valence-corrected chi connectivity index (χ2v) is 2.50. The van der Waals surface area contributed by atoms with E-state index in [1.54, 1.807) is 0 Å². The molecular weight excluding hydrogens is 207 g/mol. The van der Waals surface area contributed by atoms with Crippen LogP contribution in [0, 0.1) is 5.92 Å². The van der Waals surface area contributed by atoms with Crippen molar-refractivity contribution >= 4 is 11.9 Å². The van der Waals surface area contributed by atoms with Gasteiger partial charge in [-0.3, -0.25) is 4.79 Å². The van der Waals surface area contributed by atoms with Gasteiger partial charge in [0.2, 0.25) is 0 Å². The molecule has 1 aliphatic heterocycles. The van der Waals surface area contributed by atoms with Crippen LogP contribution in [0.3, 0.4) is 0 Å². The standard InChI is InChI=1S/C4H7NO2.C2HF3O2/c6-4(7)3-1-5-2-3;3-2(4,5)1(6)7/h3,5H,1-2H2,(H,6,7);(H,6,7). The van der Waals surface area contributed by atoms with E-state index in [-0.39, 0.29) is 5.92 Å². The second kappa shape index (κ2) is 4.80. The van der Waals surface area contributed by atoms with Crippen molar-refractivity contribution in [2.24, 2.45) is 5.92 Å². The molecule has 1 saturated heterocycles. The third kappa shape index (κ3) is 4.65. The average molecular weight is 215 g/mol. The van der Waals surface area contributed by atoms with Crippen LogP contribution in [0.1, 0.15) is 0 Å². The first kappa shape index (κ1) is 12.7. The number of nitrogens with one attached hydrogen (secondary N) is 1. The van der Waals surface area contributed by atoms with Crippen LogP contribution in [-0.2, 0) is 9.59 Å². The molecule has 5 nitrogen and oxygen atoms in total. The molecule has 0 aliphatic carbocycles. The molecule has 14 heavy (non-hydrogen) atoms. The lowest BCUT2D eigenvalue weighted by Gasteiger charge is -2.21. The molecule has 82 valence electrons. The van der Waals surface area contributed by atoms with Gasteiger partial charge in [-0.05, 0) is 0 Å². The molecule has 8 heteroatoms. The van der Waals surface area contributed by atoms with Crippen molar-refractivity contribution in [3.05, 3.63) is 0 Å². The monoisotopic (exact) mass is 215 g/mol. The molecule has 1 rings (SSSR count). The molecule has 0 aromatic carbocycles. The summed E-state index contributed by atoms with van der Waals surface area (Å²) in [5.41, 5.74) is 0. The molecule has 3 N–H and O–H groups in total. The van der Waals surface area contributed by atoms with Gasteiger partial charge in [0.05, 0.1) is 5.92 Å². The van der Waals surface area contributed by atoms with Gasteiger partial charge in [-0.1, -0.05) is 0 Å². The third-order valence-corrected chi connectivity index (χ3v) is 1.37. The maximum absolute atomic E-state index is 10.6. The summed E-state index contributed by atoms with van der Waals surface area (Å²) in [5, 5.41) is 18.2. The van der Waals surface area contributed by atoms with E-state index in [0.717, 1.165) is 0 Å².